The van der Waals surface area contributed by atoms with Crippen molar-refractivity contribution in [1.29, 1.82) is 0 Å². The molecule has 0 aliphatic carbocycles. The van der Waals surface area contributed by atoms with Crippen molar-refractivity contribution in [2.75, 3.05) is 6.54 Å². The molecular formula is C10H12N2S. The molecule has 0 radical (unpaired) electrons. The van der Waals surface area contributed by atoms with E-state index in [-0.39, 0.29) is 0 Å². The minimum atomic E-state index is 0.373. The van der Waals surface area contributed by atoms with Crippen molar-refractivity contribution in [2.24, 2.45) is 5.73 Å². The van der Waals surface area contributed by atoms with Crippen LogP contribution in [0.4, 0.5) is 0 Å². The van der Waals surface area contributed by atoms with Gasteiger partial charge in [0, 0.05) is 12.5 Å². The molecule has 0 fully saturated rings. The molecule has 1 heterocycles. The van der Waals surface area contributed by atoms with Gasteiger partial charge in [0.2, 0.25) is 0 Å². The molecule has 1 aromatic heterocycles. The van der Waals surface area contributed by atoms with Gasteiger partial charge in [-0.25, -0.2) is 4.98 Å². The Morgan fingerprint density at radius 1 is 1.46 bits per heavy atom. The molecule has 0 saturated heterocycles. The maximum atomic E-state index is 5.59. The molecule has 13 heavy (non-hydrogen) atoms. The molecule has 2 N–H and O–H groups in total. The first-order valence-electron chi connectivity index (χ1n) is 4.37. The summed E-state index contributed by atoms with van der Waals surface area (Å²) in [6.45, 7) is 2.78. The summed E-state index contributed by atoms with van der Waals surface area (Å²) in [5, 5.41) is 1.14. The third kappa shape index (κ3) is 1.57. The fourth-order valence-electron chi connectivity index (χ4n) is 1.20. The van der Waals surface area contributed by atoms with Gasteiger partial charge in [-0.2, -0.15) is 0 Å². The van der Waals surface area contributed by atoms with Crippen molar-refractivity contribution in [3.8, 4) is 0 Å². The van der Waals surface area contributed by atoms with Crippen molar-refractivity contribution < 1.29 is 0 Å². The molecule has 1 unspecified atom stereocenters. The Morgan fingerprint density at radius 2 is 2.23 bits per heavy atom. The van der Waals surface area contributed by atoms with Crippen LogP contribution in [-0.2, 0) is 0 Å². The molecule has 3 heteroatoms. The lowest BCUT2D eigenvalue weighted by Gasteiger charge is -2.00. The zero-order valence-corrected chi connectivity index (χ0v) is 8.34. The van der Waals surface area contributed by atoms with Crippen LogP contribution in [0.15, 0.2) is 24.3 Å². The van der Waals surface area contributed by atoms with E-state index in [4.69, 9.17) is 5.73 Å². The normalized spacial score (nSPS) is 13.4. The van der Waals surface area contributed by atoms with Crippen LogP contribution in [0.5, 0.6) is 0 Å². The van der Waals surface area contributed by atoms with Gasteiger partial charge in [0.15, 0.2) is 0 Å². The van der Waals surface area contributed by atoms with Crippen molar-refractivity contribution in [3.05, 3.63) is 29.3 Å². The molecule has 1 aromatic carbocycles. The average Bonchev–Trinajstić information content (AvgIpc) is 2.59. The van der Waals surface area contributed by atoms with Crippen LogP contribution in [0.3, 0.4) is 0 Å². The first-order chi connectivity index (χ1) is 6.31. The van der Waals surface area contributed by atoms with Gasteiger partial charge in [-0.15, -0.1) is 11.3 Å². The molecule has 0 bridgehead atoms. The van der Waals surface area contributed by atoms with Crippen molar-refractivity contribution in [1.82, 2.24) is 4.98 Å². The SMILES string of the molecule is CC(CN)c1nc2ccccc2s1. The highest BCUT2D eigenvalue weighted by Crippen LogP contribution is 2.26. The average molecular weight is 192 g/mol. The number of benzene rings is 1. The molecule has 0 aliphatic rings. The van der Waals surface area contributed by atoms with E-state index < -0.39 is 0 Å². The number of thiazole rings is 1. The van der Waals surface area contributed by atoms with Gasteiger partial charge in [0.05, 0.1) is 15.2 Å². The number of fused-ring (bicyclic) bond motifs is 1. The number of para-hydroxylation sites is 1. The van der Waals surface area contributed by atoms with E-state index >= 15 is 0 Å². The van der Waals surface area contributed by atoms with Crippen LogP contribution in [0.2, 0.25) is 0 Å². The first kappa shape index (κ1) is 8.66. The Kier molecular flexibility index (Phi) is 2.29. The smallest absolute Gasteiger partial charge is 0.0979 e. The number of hydrogen-bond donors (Lipinski definition) is 1. The van der Waals surface area contributed by atoms with Gasteiger partial charge in [-0.1, -0.05) is 19.1 Å². The molecule has 2 rings (SSSR count). The third-order valence-electron chi connectivity index (χ3n) is 2.09. The van der Waals surface area contributed by atoms with Gasteiger partial charge in [-0.05, 0) is 12.1 Å². The van der Waals surface area contributed by atoms with E-state index in [1.54, 1.807) is 11.3 Å². The van der Waals surface area contributed by atoms with Gasteiger partial charge in [0.1, 0.15) is 0 Å². The summed E-state index contributed by atoms with van der Waals surface area (Å²) in [4.78, 5) is 4.52. The minimum absolute atomic E-state index is 0.373. The summed E-state index contributed by atoms with van der Waals surface area (Å²) in [5.41, 5.74) is 6.68. The zero-order valence-electron chi connectivity index (χ0n) is 7.53. The lowest BCUT2D eigenvalue weighted by atomic mass is 10.2. The van der Waals surface area contributed by atoms with E-state index in [0.29, 0.717) is 12.5 Å². The number of nitrogens with zero attached hydrogens (tertiary/aromatic N) is 1. The van der Waals surface area contributed by atoms with Gasteiger partial charge in [-0.3, -0.25) is 0 Å². The summed E-state index contributed by atoms with van der Waals surface area (Å²) < 4.78 is 1.25. The predicted octanol–water partition coefficient (Wildman–Crippen LogP) is 2.36. The molecule has 0 spiro atoms. The zero-order chi connectivity index (χ0) is 9.26. The summed E-state index contributed by atoms with van der Waals surface area (Å²) >= 11 is 1.74. The molecule has 2 nitrogen and oxygen atoms in total. The maximum Gasteiger partial charge on any atom is 0.0979 e. The third-order valence-corrected chi connectivity index (χ3v) is 3.35. The fourth-order valence-corrected chi connectivity index (χ4v) is 2.23. The van der Waals surface area contributed by atoms with Crippen LogP contribution < -0.4 is 5.73 Å². The number of rotatable bonds is 2. The highest BCUT2D eigenvalue weighted by atomic mass is 32.1. The second-order valence-electron chi connectivity index (χ2n) is 3.16. The Hall–Kier alpha value is -0.930. The second-order valence-corrected chi connectivity index (χ2v) is 4.22. The van der Waals surface area contributed by atoms with Crippen LogP contribution >= 0.6 is 11.3 Å². The number of nitrogens with two attached hydrogens (primary N) is 1. The fraction of sp³-hybridized carbons (Fsp3) is 0.300. The molecule has 2 aromatic rings. The monoisotopic (exact) mass is 192 g/mol. The Bertz CT molecular complexity index is 375. The molecule has 0 aliphatic heterocycles. The van der Waals surface area contributed by atoms with Crippen LogP contribution in [0, 0.1) is 0 Å². The van der Waals surface area contributed by atoms with Crippen molar-refractivity contribution in [3.63, 3.8) is 0 Å². The summed E-state index contributed by atoms with van der Waals surface area (Å²) in [6.07, 6.45) is 0. The summed E-state index contributed by atoms with van der Waals surface area (Å²) in [7, 11) is 0. The Balaban J connectivity index is 2.49. The summed E-state index contributed by atoms with van der Waals surface area (Å²) in [5.74, 6) is 0.373. The minimum Gasteiger partial charge on any atom is -0.330 e. The van der Waals surface area contributed by atoms with Gasteiger partial charge < -0.3 is 5.73 Å². The molecule has 0 saturated carbocycles. The first-order valence-corrected chi connectivity index (χ1v) is 5.18. The lowest BCUT2D eigenvalue weighted by Crippen LogP contribution is -2.08. The maximum absolute atomic E-state index is 5.59. The second kappa shape index (κ2) is 3.44. The van der Waals surface area contributed by atoms with Crippen molar-refractivity contribution >= 4 is 21.6 Å². The van der Waals surface area contributed by atoms with Gasteiger partial charge in [0.25, 0.3) is 0 Å². The highest BCUT2D eigenvalue weighted by molar-refractivity contribution is 7.18. The van der Waals surface area contributed by atoms with E-state index in [1.165, 1.54) is 4.70 Å². The van der Waals surface area contributed by atoms with Crippen LogP contribution in [0.25, 0.3) is 10.2 Å². The standard InChI is InChI=1S/C10H12N2S/c1-7(6-11)10-12-8-4-2-3-5-9(8)13-10/h2-5,7H,6,11H2,1H3. The van der Waals surface area contributed by atoms with E-state index in [0.717, 1.165) is 10.5 Å². The molecule has 0 amide bonds. The van der Waals surface area contributed by atoms with E-state index in [1.807, 2.05) is 18.2 Å². The number of aromatic nitrogens is 1. The van der Waals surface area contributed by atoms with Crippen LogP contribution in [0.1, 0.15) is 17.8 Å². The largest absolute Gasteiger partial charge is 0.330 e. The molecule has 1 atom stereocenters. The van der Waals surface area contributed by atoms with Crippen molar-refractivity contribution in [2.45, 2.75) is 12.8 Å². The number of hydrogen-bond acceptors (Lipinski definition) is 3. The van der Waals surface area contributed by atoms with E-state index in [2.05, 4.69) is 18.0 Å². The van der Waals surface area contributed by atoms with Crippen LogP contribution in [-0.4, -0.2) is 11.5 Å². The Morgan fingerprint density at radius 3 is 2.92 bits per heavy atom. The molecule has 68 valence electrons. The van der Waals surface area contributed by atoms with E-state index in [9.17, 15) is 0 Å². The lowest BCUT2D eigenvalue weighted by molar-refractivity contribution is 0.768. The quantitative estimate of drug-likeness (QED) is 0.793. The Labute approximate surface area is 81.4 Å². The summed E-state index contributed by atoms with van der Waals surface area (Å²) in [6, 6.07) is 8.19. The molecular weight excluding hydrogens is 180 g/mol. The topological polar surface area (TPSA) is 38.9 Å². The highest BCUT2D eigenvalue weighted by Gasteiger charge is 2.08. The van der Waals surface area contributed by atoms with Gasteiger partial charge >= 0.3 is 0 Å². The predicted molar refractivity (Wildman–Crippen MR) is 57.1 cm³/mol.